The van der Waals surface area contributed by atoms with Crippen LogP contribution < -0.4 is 10.1 Å². The highest BCUT2D eigenvalue weighted by molar-refractivity contribution is 5.94. The third kappa shape index (κ3) is 5.45. The molecular weight excluding hydrogens is 314 g/mol. The number of hydrogen-bond donors (Lipinski definition) is 1. The second-order valence-corrected chi connectivity index (χ2v) is 7.08. The molecule has 0 heterocycles. The van der Waals surface area contributed by atoms with Crippen molar-refractivity contribution in [2.75, 3.05) is 6.54 Å². The summed E-state index contributed by atoms with van der Waals surface area (Å²) in [5.74, 6) is 0.00599. The van der Waals surface area contributed by atoms with Crippen molar-refractivity contribution in [3.05, 3.63) is 65.2 Å². The first-order valence-corrected chi connectivity index (χ1v) is 8.42. The normalized spacial score (nSPS) is 11.0. The summed E-state index contributed by atoms with van der Waals surface area (Å²) in [5.41, 5.74) is 2.74. The zero-order valence-electron chi connectivity index (χ0n) is 15.3. The minimum atomic E-state index is -0.361. The first kappa shape index (κ1) is 18.7. The highest BCUT2D eigenvalue weighted by Gasteiger charge is 2.16. The Labute approximate surface area is 149 Å². The van der Waals surface area contributed by atoms with Gasteiger partial charge in [-0.05, 0) is 41.7 Å². The third-order valence-corrected chi connectivity index (χ3v) is 3.92. The Balaban J connectivity index is 1.85. The summed E-state index contributed by atoms with van der Waals surface area (Å²) in [6, 6.07) is 14.8. The van der Waals surface area contributed by atoms with Gasteiger partial charge in [0.1, 0.15) is 5.75 Å². The number of nitrogens with one attached hydrogen (secondary N) is 1. The number of benzene rings is 2. The molecule has 0 atom stereocenters. The van der Waals surface area contributed by atoms with Crippen molar-refractivity contribution in [3.63, 3.8) is 0 Å². The van der Waals surface area contributed by atoms with Gasteiger partial charge < -0.3 is 10.1 Å². The van der Waals surface area contributed by atoms with Crippen molar-refractivity contribution in [1.29, 1.82) is 0 Å². The molecular formula is C21H25NO3. The van der Waals surface area contributed by atoms with Gasteiger partial charge in [0.15, 0.2) is 0 Å². The van der Waals surface area contributed by atoms with E-state index in [0.717, 1.165) is 5.56 Å². The van der Waals surface area contributed by atoms with Crippen molar-refractivity contribution in [3.8, 4) is 5.75 Å². The molecule has 4 heteroatoms. The summed E-state index contributed by atoms with van der Waals surface area (Å²) in [6.45, 7) is 8.59. The van der Waals surface area contributed by atoms with Crippen LogP contribution in [0.25, 0.3) is 0 Å². The molecule has 132 valence electrons. The zero-order chi connectivity index (χ0) is 18.4. The van der Waals surface area contributed by atoms with Gasteiger partial charge in [-0.2, -0.15) is 0 Å². The summed E-state index contributed by atoms with van der Waals surface area (Å²) >= 11 is 0. The van der Waals surface area contributed by atoms with Crippen LogP contribution in [0.2, 0.25) is 0 Å². The molecule has 25 heavy (non-hydrogen) atoms. The highest BCUT2D eigenvalue weighted by atomic mass is 16.5. The molecule has 4 nitrogen and oxygen atoms in total. The standard InChI is InChI=1S/C21H25NO3/c1-15-14-17(21(2,3)4)10-11-18(15)25-19(23)12-13-22-20(24)16-8-6-5-7-9-16/h5-11,14H,12-13H2,1-4H3,(H,22,24). The molecule has 1 N–H and O–H groups in total. The lowest BCUT2D eigenvalue weighted by Crippen LogP contribution is -2.27. The first-order valence-electron chi connectivity index (χ1n) is 8.42. The second kappa shape index (κ2) is 7.97. The van der Waals surface area contributed by atoms with E-state index in [-0.39, 0.29) is 30.3 Å². The number of amides is 1. The van der Waals surface area contributed by atoms with E-state index in [4.69, 9.17) is 4.74 Å². The molecule has 0 bridgehead atoms. The third-order valence-electron chi connectivity index (χ3n) is 3.92. The Bertz CT molecular complexity index is 745. The molecule has 0 aliphatic carbocycles. The van der Waals surface area contributed by atoms with Gasteiger partial charge in [0.2, 0.25) is 0 Å². The summed E-state index contributed by atoms with van der Waals surface area (Å²) in [6.07, 6.45) is 0.124. The van der Waals surface area contributed by atoms with E-state index in [1.165, 1.54) is 5.56 Å². The number of carbonyl (C=O) groups is 2. The molecule has 2 rings (SSSR count). The highest BCUT2D eigenvalue weighted by Crippen LogP contribution is 2.27. The molecule has 0 saturated carbocycles. The number of aryl methyl sites for hydroxylation is 1. The minimum absolute atomic E-state index is 0.0506. The van der Waals surface area contributed by atoms with Crippen LogP contribution in [0.15, 0.2) is 48.5 Å². The Morgan fingerprint density at radius 1 is 1.04 bits per heavy atom. The maximum atomic E-state index is 12.0. The number of ether oxygens (including phenoxy) is 1. The predicted molar refractivity (Wildman–Crippen MR) is 98.9 cm³/mol. The van der Waals surface area contributed by atoms with E-state index >= 15 is 0 Å². The summed E-state index contributed by atoms with van der Waals surface area (Å²) in [5, 5.41) is 2.72. The lowest BCUT2D eigenvalue weighted by molar-refractivity contribution is -0.134. The van der Waals surface area contributed by atoms with Gasteiger partial charge in [0.05, 0.1) is 6.42 Å². The van der Waals surface area contributed by atoms with E-state index in [0.29, 0.717) is 11.3 Å². The smallest absolute Gasteiger partial charge is 0.312 e. The lowest BCUT2D eigenvalue weighted by atomic mass is 9.86. The van der Waals surface area contributed by atoms with Crippen LogP contribution in [0.3, 0.4) is 0 Å². The SMILES string of the molecule is Cc1cc(C(C)(C)C)ccc1OC(=O)CCNC(=O)c1ccccc1. The second-order valence-electron chi connectivity index (χ2n) is 7.08. The molecule has 0 saturated heterocycles. The lowest BCUT2D eigenvalue weighted by Gasteiger charge is -2.20. The fraction of sp³-hybridized carbons (Fsp3) is 0.333. The molecule has 0 unspecified atom stereocenters. The average Bonchev–Trinajstić information content (AvgIpc) is 2.56. The number of esters is 1. The molecule has 1 amide bonds. The maximum Gasteiger partial charge on any atom is 0.312 e. The van der Waals surface area contributed by atoms with E-state index in [1.807, 2.05) is 31.2 Å². The number of carbonyl (C=O) groups excluding carboxylic acids is 2. The van der Waals surface area contributed by atoms with Crippen LogP contribution in [0, 0.1) is 6.92 Å². The van der Waals surface area contributed by atoms with Gasteiger partial charge in [-0.25, -0.2) is 0 Å². The molecule has 2 aromatic carbocycles. The van der Waals surface area contributed by atoms with Crippen molar-refractivity contribution < 1.29 is 14.3 Å². The average molecular weight is 339 g/mol. The van der Waals surface area contributed by atoms with Crippen LogP contribution in [0.5, 0.6) is 5.75 Å². The van der Waals surface area contributed by atoms with E-state index in [2.05, 4.69) is 26.1 Å². The quantitative estimate of drug-likeness (QED) is 0.661. The van der Waals surface area contributed by atoms with Crippen molar-refractivity contribution in [2.24, 2.45) is 0 Å². The summed E-state index contributed by atoms with van der Waals surface area (Å²) in [4.78, 5) is 23.9. The number of hydrogen-bond acceptors (Lipinski definition) is 3. The van der Waals surface area contributed by atoms with Gasteiger partial charge in [-0.3, -0.25) is 9.59 Å². The Kier molecular flexibility index (Phi) is 5.97. The zero-order valence-corrected chi connectivity index (χ0v) is 15.3. The van der Waals surface area contributed by atoms with Crippen molar-refractivity contribution >= 4 is 11.9 Å². The topological polar surface area (TPSA) is 55.4 Å². The predicted octanol–water partition coefficient (Wildman–Crippen LogP) is 4.02. The molecule has 0 spiro atoms. The monoisotopic (exact) mass is 339 g/mol. The van der Waals surface area contributed by atoms with Crippen molar-refractivity contribution in [1.82, 2.24) is 5.32 Å². The largest absolute Gasteiger partial charge is 0.426 e. The maximum absolute atomic E-state index is 12.0. The molecule has 0 fully saturated rings. The Hall–Kier alpha value is -2.62. The molecule has 0 aliphatic rings. The molecule has 0 aromatic heterocycles. The van der Waals surface area contributed by atoms with Crippen LogP contribution >= 0.6 is 0 Å². The van der Waals surface area contributed by atoms with Gasteiger partial charge in [-0.15, -0.1) is 0 Å². The fourth-order valence-electron chi connectivity index (χ4n) is 2.37. The summed E-state index contributed by atoms with van der Waals surface area (Å²) < 4.78 is 5.41. The first-order chi connectivity index (χ1) is 11.8. The minimum Gasteiger partial charge on any atom is -0.426 e. The molecule has 2 aromatic rings. The Morgan fingerprint density at radius 3 is 2.32 bits per heavy atom. The van der Waals surface area contributed by atoms with Crippen LogP contribution in [-0.4, -0.2) is 18.4 Å². The number of rotatable bonds is 5. The van der Waals surface area contributed by atoms with E-state index in [9.17, 15) is 9.59 Å². The summed E-state index contributed by atoms with van der Waals surface area (Å²) in [7, 11) is 0. The fourth-order valence-corrected chi connectivity index (χ4v) is 2.37. The van der Waals surface area contributed by atoms with E-state index < -0.39 is 0 Å². The van der Waals surface area contributed by atoms with Gasteiger partial charge in [-0.1, -0.05) is 51.1 Å². The van der Waals surface area contributed by atoms with Crippen LogP contribution in [-0.2, 0) is 10.2 Å². The van der Waals surface area contributed by atoms with Gasteiger partial charge >= 0.3 is 5.97 Å². The van der Waals surface area contributed by atoms with Crippen molar-refractivity contribution in [2.45, 2.75) is 39.5 Å². The molecule has 0 aliphatic heterocycles. The van der Waals surface area contributed by atoms with Crippen LogP contribution in [0.1, 0.15) is 48.7 Å². The van der Waals surface area contributed by atoms with Gasteiger partial charge in [0, 0.05) is 12.1 Å². The van der Waals surface area contributed by atoms with E-state index in [1.54, 1.807) is 24.3 Å². The Morgan fingerprint density at radius 2 is 1.72 bits per heavy atom. The van der Waals surface area contributed by atoms with Crippen LogP contribution in [0.4, 0.5) is 0 Å². The molecule has 0 radical (unpaired) electrons. The van der Waals surface area contributed by atoms with Gasteiger partial charge in [0.25, 0.3) is 5.91 Å².